The van der Waals surface area contributed by atoms with Gasteiger partial charge in [-0.2, -0.15) is 0 Å². The number of hydrogen-bond acceptors (Lipinski definition) is 3. The van der Waals surface area contributed by atoms with Crippen molar-refractivity contribution in [3.63, 3.8) is 0 Å². The molecule has 26 heavy (non-hydrogen) atoms. The fourth-order valence-electron chi connectivity index (χ4n) is 2.57. The predicted octanol–water partition coefficient (Wildman–Crippen LogP) is 3.99. The number of allylic oxidation sites excluding steroid dienone is 2. The van der Waals surface area contributed by atoms with Crippen LogP contribution in [0, 0.1) is 0 Å². The van der Waals surface area contributed by atoms with E-state index in [4.69, 9.17) is 5.73 Å². The summed E-state index contributed by atoms with van der Waals surface area (Å²) in [5.41, 5.74) is 9.04. The summed E-state index contributed by atoms with van der Waals surface area (Å²) >= 11 is 1.55. The van der Waals surface area contributed by atoms with Gasteiger partial charge >= 0.3 is 0 Å². The number of nitrogens with one attached hydrogen (secondary N) is 1. The molecule has 0 saturated heterocycles. The smallest absolute Gasteiger partial charge is 0.256 e. The molecule has 0 aliphatic carbocycles. The van der Waals surface area contributed by atoms with Crippen LogP contribution in [0.25, 0.3) is 0 Å². The van der Waals surface area contributed by atoms with Gasteiger partial charge in [0.15, 0.2) is 0 Å². The number of rotatable bonds is 7. The SMILES string of the molecule is CCc1cc(C(=O)N/C(C)=C(/C=C(\C)Cc2ccccc2)C(N)=O)cs1. The van der Waals surface area contributed by atoms with Crippen molar-refractivity contribution in [1.82, 2.24) is 5.32 Å². The molecule has 136 valence electrons. The Morgan fingerprint density at radius 2 is 1.88 bits per heavy atom. The van der Waals surface area contributed by atoms with Crippen LogP contribution in [0.1, 0.15) is 41.6 Å². The molecule has 5 heteroatoms. The zero-order chi connectivity index (χ0) is 19.1. The maximum absolute atomic E-state index is 12.4. The Morgan fingerprint density at radius 3 is 2.46 bits per heavy atom. The van der Waals surface area contributed by atoms with E-state index >= 15 is 0 Å². The van der Waals surface area contributed by atoms with Gasteiger partial charge in [-0.3, -0.25) is 9.59 Å². The third-order valence-electron chi connectivity index (χ3n) is 3.95. The molecule has 1 heterocycles. The van der Waals surface area contributed by atoms with E-state index in [1.165, 1.54) is 0 Å². The highest BCUT2D eigenvalue weighted by Gasteiger charge is 2.13. The summed E-state index contributed by atoms with van der Waals surface area (Å²) in [6, 6.07) is 11.8. The molecule has 0 saturated carbocycles. The van der Waals surface area contributed by atoms with Gasteiger partial charge in [-0.1, -0.05) is 42.8 Å². The minimum absolute atomic E-state index is 0.230. The lowest BCUT2D eigenvalue weighted by atomic mass is 10.0. The molecule has 1 aromatic carbocycles. The average molecular weight is 369 g/mol. The second-order valence-corrected chi connectivity index (χ2v) is 7.16. The molecule has 2 rings (SSSR count). The van der Waals surface area contributed by atoms with E-state index in [9.17, 15) is 9.59 Å². The Labute approximate surface area is 158 Å². The number of amides is 2. The number of benzene rings is 1. The standard InChI is InChI=1S/C21H24N2O2S/c1-4-18-12-17(13-26-18)21(25)23-15(3)19(20(22)24)11-14(2)10-16-8-6-5-7-9-16/h5-9,11-13H,4,10H2,1-3H3,(H2,22,24)(H,23,25)/b14-11+,19-15-. The first-order valence-electron chi connectivity index (χ1n) is 8.51. The van der Waals surface area contributed by atoms with Crippen LogP contribution in [0.15, 0.2) is 64.7 Å². The van der Waals surface area contributed by atoms with E-state index in [1.807, 2.05) is 55.6 Å². The van der Waals surface area contributed by atoms with Gasteiger partial charge in [-0.15, -0.1) is 11.3 Å². The molecule has 0 aliphatic heterocycles. The third kappa shape index (κ3) is 5.43. The fourth-order valence-corrected chi connectivity index (χ4v) is 3.39. The van der Waals surface area contributed by atoms with Crippen LogP contribution < -0.4 is 11.1 Å². The van der Waals surface area contributed by atoms with Gasteiger partial charge in [0.1, 0.15) is 0 Å². The van der Waals surface area contributed by atoms with Gasteiger partial charge in [0, 0.05) is 16.0 Å². The molecule has 1 aromatic heterocycles. The quantitative estimate of drug-likeness (QED) is 0.573. The van der Waals surface area contributed by atoms with Crippen molar-refractivity contribution in [2.24, 2.45) is 5.73 Å². The largest absolute Gasteiger partial charge is 0.366 e. The summed E-state index contributed by atoms with van der Waals surface area (Å²) in [4.78, 5) is 25.4. The van der Waals surface area contributed by atoms with E-state index < -0.39 is 5.91 Å². The normalized spacial score (nSPS) is 12.5. The van der Waals surface area contributed by atoms with Crippen molar-refractivity contribution in [2.45, 2.75) is 33.6 Å². The van der Waals surface area contributed by atoms with Gasteiger partial charge in [-0.25, -0.2) is 0 Å². The molecule has 3 N–H and O–H groups in total. The second kappa shape index (κ2) is 9.15. The molecule has 0 unspecified atom stereocenters. The minimum Gasteiger partial charge on any atom is -0.366 e. The van der Waals surface area contributed by atoms with Crippen LogP contribution in [0.5, 0.6) is 0 Å². The molecular formula is C21H24N2O2S. The van der Waals surface area contributed by atoms with Crippen LogP contribution >= 0.6 is 11.3 Å². The second-order valence-electron chi connectivity index (χ2n) is 6.17. The van der Waals surface area contributed by atoms with E-state index in [0.29, 0.717) is 23.3 Å². The number of carbonyl (C=O) groups is 2. The summed E-state index contributed by atoms with van der Waals surface area (Å²) in [6.45, 7) is 5.68. The first-order valence-corrected chi connectivity index (χ1v) is 9.39. The molecular weight excluding hydrogens is 344 g/mol. The topological polar surface area (TPSA) is 72.2 Å². The highest BCUT2D eigenvalue weighted by Crippen LogP contribution is 2.16. The van der Waals surface area contributed by atoms with Crippen molar-refractivity contribution < 1.29 is 9.59 Å². The molecule has 0 radical (unpaired) electrons. The molecule has 2 amide bonds. The number of primary amides is 1. The number of thiophene rings is 1. The molecule has 0 atom stereocenters. The van der Waals surface area contributed by atoms with E-state index in [-0.39, 0.29) is 5.91 Å². The van der Waals surface area contributed by atoms with Crippen LogP contribution in [-0.4, -0.2) is 11.8 Å². The lowest BCUT2D eigenvalue weighted by Crippen LogP contribution is -2.25. The molecule has 0 spiro atoms. The fraction of sp³-hybridized carbons (Fsp3) is 0.238. The number of aryl methyl sites for hydroxylation is 1. The maximum atomic E-state index is 12.4. The van der Waals surface area contributed by atoms with E-state index in [2.05, 4.69) is 5.32 Å². The van der Waals surface area contributed by atoms with Gasteiger partial charge < -0.3 is 11.1 Å². The lowest BCUT2D eigenvalue weighted by molar-refractivity contribution is -0.114. The summed E-state index contributed by atoms with van der Waals surface area (Å²) < 4.78 is 0. The van der Waals surface area contributed by atoms with Gasteiger partial charge in [0.05, 0.1) is 11.1 Å². The average Bonchev–Trinajstić information content (AvgIpc) is 3.09. The molecule has 0 bridgehead atoms. The summed E-state index contributed by atoms with van der Waals surface area (Å²) in [5, 5.41) is 4.61. The van der Waals surface area contributed by atoms with Crippen LogP contribution in [-0.2, 0) is 17.6 Å². The van der Waals surface area contributed by atoms with Crippen LogP contribution in [0.2, 0.25) is 0 Å². The summed E-state index contributed by atoms with van der Waals surface area (Å²) in [6.07, 6.45) is 3.35. The Hall–Kier alpha value is -2.66. The summed E-state index contributed by atoms with van der Waals surface area (Å²) in [5.74, 6) is -0.791. The number of hydrogen-bond donors (Lipinski definition) is 2. The summed E-state index contributed by atoms with van der Waals surface area (Å²) in [7, 11) is 0. The Balaban J connectivity index is 2.18. The zero-order valence-corrected chi connectivity index (χ0v) is 16.2. The monoisotopic (exact) mass is 368 g/mol. The molecule has 0 fully saturated rings. The number of carbonyl (C=O) groups excluding carboxylic acids is 2. The Morgan fingerprint density at radius 1 is 1.19 bits per heavy atom. The first-order chi connectivity index (χ1) is 12.4. The maximum Gasteiger partial charge on any atom is 0.256 e. The lowest BCUT2D eigenvalue weighted by Gasteiger charge is -2.09. The predicted molar refractivity (Wildman–Crippen MR) is 107 cm³/mol. The van der Waals surface area contributed by atoms with Crippen LogP contribution in [0.3, 0.4) is 0 Å². The Bertz CT molecular complexity index is 848. The third-order valence-corrected chi connectivity index (χ3v) is 5.03. The number of nitrogens with two attached hydrogens (primary N) is 1. The van der Waals surface area contributed by atoms with E-state index in [0.717, 1.165) is 22.4 Å². The van der Waals surface area contributed by atoms with Crippen molar-refractivity contribution >= 4 is 23.2 Å². The molecule has 2 aromatic rings. The van der Waals surface area contributed by atoms with Gasteiger partial charge in [0.25, 0.3) is 5.91 Å². The van der Waals surface area contributed by atoms with Crippen molar-refractivity contribution in [1.29, 1.82) is 0 Å². The highest BCUT2D eigenvalue weighted by atomic mass is 32.1. The molecule has 4 nitrogen and oxygen atoms in total. The van der Waals surface area contributed by atoms with Crippen molar-refractivity contribution in [3.8, 4) is 0 Å². The molecule has 0 aliphatic rings. The minimum atomic E-state index is -0.560. The van der Waals surface area contributed by atoms with Crippen LogP contribution in [0.4, 0.5) is 0 Å². The highest BCUT2D eigenvalue weighted by molar-refractivity contribution is 7.10. The van der Waals surface area contributed by atoms with Gasteiger partial charge in [-0.05, 0) is 44.4 Å². The Kier molecular flexibility index (Phi) is 6.92. The van der Waals surface area contributed by atoms with E-state index in [1.54, 1.807) is 24.3 Å². The first kappa shape index (κ1) is 19.7. The van der Waals surface area contributed by atoms with Gasteiger partial charge in [0.2, 0.25) is 5.91 Å². The van der Waals surface area contributed by atoms with Crippen molar-refractivity contribution in [2.75, 3.05) is 0 Å². The zero-order valence-electron chi connectivity index (χ0n) is 15.3. The van der Waals surface area contributed by atoms with Crippen molar-refractivity contribution in [3.05, 3.63) is 80.7 Å².